The minimum absolute atomic E-state index is 1.10. The molecule has 2 rings (SSSR count). The predicted octanol–water partition coefficient (Wildman–Crippen LogP) is 10.3. The number of hydrogen-bond acceptors (Lipinski definition) is 1. The molecule has 0 spiro atoms. The second kappa shape index (κ2) is 20.6. The van der Waals surface area contributed by atoms with Gasteiger partial charge in [0.25, 0.3) is 0 Å². The van der Waals surface area contributed by atoms with E-state index in [1.807, 2.05) is 0 Å². The highest BCUT2D eigenvalue weighted by molar-refractivity contribution is 5.15. The molecule has 0 fully saturated rings. The standard InChI is InChI=1S/C33H56N2/c1-3-5-7-9-10-11-12-13-14-15-16-17-22-29-35-30-32(34-33(35)28-21-8-6-4-2)27-23-26-31-24-19-18-20-25-31/h18-20,24-25,30H,3-17,21-23,26-29H2,1-2H3. The Morgan fingerprint density at radius 1 is 0.543 bits per heavy atom. The molecule has 1 aromatic carbocycles. The third kappa shape index (κ3) is 14.6. The van der Waals surface area contributed by atoms with Gasteiger partial charge in [0, 0.05) is 19.2 Å². The van der Waals surface area contributed by atoms with Gasteiger partial charge in [-0.2, -0.15) is 0 Å². The highest BCUT2D eigenvalue weighted by Gasteiger charge is 2.08. The minimum Gasteiger partial charge on any atom is -0.335 e. The average Bonchev–Trinajstić information content (AvgIpc) is 3.27. The van der Waals surface area contributed by atoms with Crippen LogP contribution < -0.4 is 0 Å². The lowest BCUT2D eigenvalue weighted by Gasteiger charge is -2.08. The third-order valence-electron chi connectivity index (χ3n) is 7.41. The smallest absolute Gasteiger partial charge is 0.108 e. The van der Waals surface area contributed by atoms with Crippen LogP contribution in [0.1, 0.15) is 147 Å². The molecule has 0 aliphatic carbocycles. The summed E-state index contributed by atoms with van der Waals surface area (Å²) in [6.45, 7) is 5.75. The molecule has 0 amide bonds. The maximum Gasteiger partial charge on any atom is 0.108 e. The monoisotopic (exact) mass is 480 g/mol. The van der Waals surface area contributed by atoms with Crippen LogP contribution in [0.25, 0.3) is 0 Å². The first kappa shape index (κ1) is 29.7. The van der Waals surface area contributed by atoms with E-state index in [1.165, 1.54) is 133 Å². The van der Waals surface area contributed by atoms with Crippen LogP contribution in [0.4, 0.5) is 0 Å². The molecule has 0 unspecified atom stereocenters. The Morgan fingerprint density at radius 3 is 1.69 bits per heavy atom. The third-order valence-corrected chi connectivity index (χ3v) is 7.41. The summed E-state index contributed by atoms with van der Waals surface area (Å²) in [6, 6.07) is 10.9. The van der Waals surface area contributed by atoms with E-state index in [0.717, 1.165) is 25.8 Å². The van der Waals surface area contributed by atoms with Gasteiger partial charge in [-0.25, -0.2) is 4.98 Å². The SMILES string of the molecule is CCCCCCCCCCCCCCCn1cc(CCCc2ccccc2)nc1CCCCCC. The lowest BCUT2D eigenvalue weighted by atomic mass is 10.0. The van der Waals surface area contributed by atoms with Crippen molar-refractivity contribution in [3.8, 4) is 0 Å². The van der Waals surface area contributed by atoms with Gasteiger partial charge in [0.2, 0.25) is 0 Å². The summed E-state index contributed by atoms with van der Waals surface area (Å²) in [5.74, 6) is 1.34. The molecule has 1 aromatic heterocycles. The van der Waals surface area contributed by atoms with Gasteiger partial charge in [-0.15, -0.1) is 0 Å². The lowest BCUT2D eigenvalue weighted by Crippen LogP contribution is -2.03. The molecule has 0 aliphatic rings. The Hall–Kier alpha value is -1.57. The second-order valence-corrected chi connectivity index (χ2v) is 10.7. The Bertz CT molecular complexity index is 718. The fourth-order valence-corrected chi connectivity index (χ4v) is 5.15. The molecule has 0 atom stereocenters. The molecule has 1 heterocycles. The van der Waals surface area contributed by atoms with Gasteiger partial charge in [-0.3, -0.25) is 0 Å². The summed E-state index contributed by atoms with van der Waals surface area (Å²) in [6.07, 6.45) is 30.7. The molecule has 2 heteroatoms. The van der Waals surface area contributed by atoms with Crippen LogP contribution in [-0.4, -0.2) is 9.55 Å². The van der Waals surface area contributed by atoms with Crippen molar-refractivity contribution in [2.45, 2.75) is 155 Å². The number of aromatic nitrogens is 2. The maximum atomic E-state index is 5.08. The van der Waals surface area contributed by atoms with E-state index in [-0.39, 0.29) is 0 Å². The van der Waals surface area contributed by atoms with Crippen molar-refractivity contribution in [1.29, 1.82) is 0 Å². The Labute approximate surface area is 218 Å². The molecule has 0 aliphatic heterocycles. The fraction of sp³-hybridized carbons (Fsp3) is 0.727. The highest BCUT2D eigenvalue weighted by Crippen LogP contribution is 2.16. The summed E-state index contributed by atoms with van der Waals surface area (Å²) in [4.78, 5) is 5.08. The van der Waals surface area contributed by atoms with Gasteiger partial charge < -0.3 is 4.57 Å². The summed E-state index contributed by atoms with van der Waals surface area (Å²) >= 11 is 0. The average molecular weight is 481 g/mol. The molecular formula is C33H56N2. The van der Waals surface area contributed by atoms with Crippen LogP contribution in [0, 0.1) is 0 Å². The van der Waals surface area contributed by atoms with Crippen molar-refractivity contribution in [3.63, 3.8) is 0 Å². The Kier molecular flexibility index (Phi) is 17.5. The van der Waals surface area contributed by atoms with Crippen LogP contribution >= 0.6 is 0 Å². The zero-order valence-corrected chi connectivity index (χ0v) is 23.4. The normalized spacial score (nSPS) is 11.4. The number of unbranched alkanes of at least 4 members (excludes halogenated alkanes) is 15. The van der Waals surface area contributed by atoms with Crippen LogP contribution in [0.5, 0.6) is 0 Å². The first-order valence-corrected chi connectivity index (χ1v) is 15.4. The van der Waals surface area contributed by atoms with Crippen molar-refractivity contribution in [1.82, 2.24) is 9.55 Å². The van der Waals surface area contributed by atoms with Gasteiger partial charge in [0.1, 0.15) is 5.82 Å². The number of imidazole rings is 1. The van der Waals surface area contributed by atoms with E-state index in [0.29, 0.717) is 0 Å². The Morgan fingerprint density at radius 2 is 1.09 bits per heavy atom. The zero-order chi connectivity index (χ0) is 24.8. The summed E-state index contributed by atoms with van der Waals surface area (Å²) < 4.78 is 2.50. The van der Waals surface area contributed by atoms with Crippen molar-refractivity contribution >= 4 is 0 Å². The van der Waals surface area contributed by atoms with Gasteiger partial charge in [-0.05, 0) is 37.7 Å². The Balaban J connectivity index is 1.62. The molecule has 35 heavy (non-hydrogen) atoms. The number of benzene rings is 1. The predicted molar refractivity (Wildman–Crippen MR) is 154 cm³/mol. The molecule has 0 saturated heterocycles. The molecule has 0 bridgehead atoms. The minimum atomic E-state index is 1.10. The van der Waals surface area contributed by atoms with E-state index in [2.05, 4.69) is 54.9 Å². The van der Waals surface area contributed by atoms with Gasteiger partial charge in [0.15, 0.2) is 0 Å². The first-order chi connectivity index (χ1) is 17.3. The molecule has 0 N–H and O–H groups in total. The molecular weight excluding hydrogens is 424 g/mol. The molecule has 0 saturated carbocycles. The largest absolute Gasteiger partial charge is 0.335 e. The molecule has 198 valence electrons. The van der Waals surface area contributed by atoms with E-state index < -0.39 is 0 Å². The first-order valence-electron chi connectivity index (χ1n) is 15.4. The second-order valence-electron chi connectivity index (χ2n) is 10.7. The van der Waals surface area contributed by atoms with E-state index in [1.54, 1.807) is 0 Å². The highest BCUT2D eigenvalue weighted by atomic mass is 15.1. The van der Waals surface area contributed by atoms with Crippen LogP contribution in [0.15, 0.2) is 36.5 Å². The number of aryl methyl sites for hydroxylation is 4. The van der Waals surface area contributed by atoms with Gasteiger partial charge in [-0.1, -0.05) is 140 Å². The number of nitrogens with zero attached hydrogens (tertiary/aromatic N) is 2. The quantitative estimate of drug-likeness (QED) is 0.145. The van der Waals surface area contributed by atoms with Crippen LogP contribution in [-0.2, 0) is 25.8 Å². The molecule has 0 radical (unpaired) electrons. The van der Waals surface area contributed by atoms with E-state index in [9.17, 15) is 0 Å². The maximum absolute atomic E-state index is 5.08. The van der Waals surface area contributed by atoms with Crippen molar-refractivity contribution in [3.05, 3.63) is 53.6 Å². The van der Waals surface area contributed by atoms with Crippen molar-refractivity contribution < 1.29 is 0 Å². The molecule has 2 aromatic rings. The summed E-state index contributed by atoms with van der Waals surface area (Å²) in [7, 11) is 0. The summed E-state index contributed by atoms with van der Waals surface area (Å²) in [5, 5.41) is 0. The lowest BCUT2D eigenvalue weighted by molar-refractivity contribution is 0.519. The number of hydrogen-bond donors (Lipinski definition) is 0. The zero-order valence-electron chi connectivity index (χ0n) is 23.4. The van der Waals surface area contributed by atoms with Gasteiger partial charge in [0.05, 0.1) is 5.69 Å². The van der Waals surface area contributed by atoms with Crippen LogP contribution in [0.2, 0.25) is 0 Å². The van der Waals surface area contributed by atoms with Gasteiger partial charge >= 0.3 is 0 Å². The van der Waals surface area contributed by atoms with Crippen molar-refractivity contribution in [2.75, 3.05) is 0 Å². The number of rotatable bonds is 23. The fourth-order valence-electron chi connectivity index (χ4n) is 5.15. The van der Waals surface area contributed by atoms with Crippen molar-refractivity contribution in [2.24, 2.45) is 0 Å². The van der Waals surface area contributed by atoms with E-state index in [4.69, 9.17) is 4.98 Å². The van der Waals surface area contributed by atoms with E-state index >= 15 is 0 Å². The molecule has 2 nitrogen and oxygen atoms in total. The topological polar surface area (TPSA) is 17.8 Å². The summed E-state index contributed by atoms with van der Waals surface area (Å²) in [5.41, 5.74) is 2.75. The van der Waals surface area contributed by atoms with Crippen LogP contribution in [0.3, 0.4) is 0 Å².